The number of anilines is 1. The van der Waals surface area contributed by atoms with Crippen LogP contribution in [0.3, 0.4) is 0 Å². The number of aromatic nitrogens is 2. The molecule has 2 aliphatic carbocycles. The van der Waals surface area contributed by atoms with Crippen molar-refractivity contribution in [3.05, 3.63) is 34.6 Å². The van der Waals surface area contributed by atoms with E-state index >= 15 is 0 Å². The Morgan fingerprint density at radius 2 is 1.47 bits per heavy atom. The Labute approximate surface area is 223 Å². The van der Waals surface area contributed by atoms with Gasteiger partial charge in [-0.25, -0.2) is 14.7 Å². The zero-order valence-electron chi connectivity index (χ0n) is 22.6. The third-order valence-corrected chi connectivity index (χ3v) is 10.2. The molecule has 0 radical (unpaired) electrons. The monoisotopic (exact) mass is 517 g/mol. The van der Waals surface area contributed by atoms with Gasteiger partial charge in [0.05, 0.1) is 11.0 Å². The number of nitrogens with zero attached hydrogens (tertiary/aromatic N) is 4. The number of rotatable bonds is 3. The smallest absolute Gasteiger partial charge is 0.323 e. The third kappa shape index (κ3) is 3.81. The van der Waals surface area contributed by atoms with E-state index in [1.807, 2.05) is 28.8 Å². The Morgan fingerprint density at radius 1 is 0.816 bits per heavy atom. The molecule has 7 rings (SSSR count). The van der Waals surface area contributed by atoms with E-state index < -0.39 is 17.5 Å². The number of hydrogen-bond acceptors (Lipinski definition) is 5. The van der Waals surface area contributed by atoms with Crippen LogP contribution >= 0.6 is 0 Å². The molecule has 3 saturated heterocycles. The largest absolute Gasteiger partial charge is 0.331 e. The molecule has 1 aromatic heterocycles. The molecule has 0 spiro atoms. The summed E-state index contributed by atoms with van der Waals surface area (Å²) < 4.78 is 1.88. The second-order valence-electron chi connectivity index (χ2n) is 13.1. The Balaban J connectivity index is 1.26. The van der Waals surface area contributed by atoms with Crippen molar-refractivity contribution in [3.63, 3.8) is 0 Å². The SMILES string of the molecule is CC1(C)NC(=O)N(c2nc3ccccc3n([C@H]3C[C@H]4CCC[C@@H](C3)N4[C@H]3C[C@@H]4CCC[C@@H](C4)C3)c2=O)C1=O. The second-order valence-corrected chi connectivity index (χ2v) is 13.1. The molecule has 38 heavy (non-hydrogen) atoms. The first kappa shape index (κ1) is 24.3. The lowest BCUT2D eigenvalue weighted by molar-refractivity contribution is -0.121. The van der Waals surface area contributed by atoms with Gasteiger partial charge in [-0.15, -0.1) is 0 Å². The zero-order valence-corrected chi connectivity index (χ0v) is 22.6. The lowest BCUT2D eigenvalue weighted by Gasteiger charge is -2.55. The van der Waals surface area contributed by atoms with E-state index in [1.165, 1.54) is 57.8 Å². The van der Waals surface area contributed by atoms with Crippen molar-refractivity contribution in [2.75, 3.05) is 4.90 Å². The maximum absolute atomic E-state index is 14.1. The second kappa shape index (κ2) is 8.90. The number of hydrogen-bond donors (Lipinski definition) is 1. The highest BCUT2D eigenvalue weighted by Crippen LogP contribution is 2.47. The topological polar surface area (TPSA) is 87.5 Å². The van der Waals surface area contributed by atoms with Crippen molar-refractivity contribution in [1.82, 2.24) is 19.8 Å². The fourth-order valence-electron chi connectivity index (χ4n) is 8.73. The molecule has 3 amide bonds. The quantitative estimate of drug-likeness (QED) is 0.594. The third-order valence-electron chi connectivity index (χ3n) is 10.2. The van der Waals surface area contributed by atoms with Crippen LogP contribution in [0.4, 0.5) is 10.6 Å². The molecule has 6 atom stereocenters. The van der Waals surface area contributed by atoms with E-state index in [0.29, 0.717) is 23.6 Å². The average Bonchev–Trinajstić information content (AvgIpc) is 3.08. The standard InChI is InChI=1S/C30H39N5O3/c1-30(2)28(37)35(29(38)32-30)26-27(36)34(25-12-4-3-11-24(25)31-26)23-16-20-9-6-10-21(17-23)33(20)22-14-18-7-5-8-19(13-18)15-22/h3-4,11-12,18-23H,5-10,13-17H2,1-2H3,(H,32,38)/t18-,19+,20-,21+,22+,23+. The Hall–Kier alpha value is -2.74. The molecule has 8 heteroatoms. The van der Waals surface area contributed by atoms with Crippen molar-refractivity contribution in [2.45, 2.75) is 114 Å². The van der Waals surface area contributed by atoms with Gasteiger partial charge in [-0.2, -0.15) is 0 Å². The first-order chi connectivity index (χ1) is 18.3. The first-order valence-electron chi connectivity index (χ1n) is 14.8. The molecule has 2 aromatic rings. The Bertz CT molecular complexity index is 1330. The first-order valence-corrected chi connectivity index (χ1v) is 14.8. The van der Waals surface area contributed by atoms with Crippen LogP contribution in [0.5, 0.6) is 0 Å². The average molecular weight is 518 g/mol. The number of piperidine rings is 2. The summed E-state index contributed by atoms with van der Waals surface area (Å²) in [5.74, 6) is 1.27. The van der Waals surface area contributed by atoms with Crippen LogP contribution in [-0.4, -0.2) is 50.1 Å². The van der Waals surface area contributed by atoms with Gasteiger partial charge in [-0.1, -0.05) is 37.8 Å². The van der Waals surface area contributed by atoms with Crippen molar-refractivity contribution >= 4 is 28.8 Å². The van der Waals surface area contributed by atoms with Crippen LogP contribution in [0, 0.1) is 11.8 Å². The molecule has 4 bridgehead atoms. The van der Waals surface area contributed by atoms with Crippen molar-refractivity contribution in [1.29, 1.82) is 0 Å². The number of benzene rings is 1. The van der Waals surface area contributed by atoms with Gasteiger partial charge in [-0.05, 0) is 82.8 Å². The lowest BCUT2D eigenvalue weighted by atomic mass is 9.68. The Kier molecular flexibility index (Phi) is 5.69. The van der Waals surface area contributed by atoms with E-state index in [1.54, 1.807) is 13.8 Å². The van der Waals surface area contributed by atoms with Gasteiger partial charge in [0.2, 0.25) is 5.82 Å². The minimum atomic E-state index is -1.07. The van der Waals surface area contributed by atoms with Crippen LogP contribution in [0.1, 0.15) is 90.5 Å². The fourth-order valence-corrected chi connectivity index (χ4v) is 8.73. The molecular weight excluding hydrogens is 478 g/mol. The van der Waals surface area contributed by atoms with Crippen molar-refractivity contribution in [3.8, 4) is 0 Å². The van der Waals surface area contributed by atoms with Crippen LogP contribution < -0.4 is 15.8 Å². The van der Waals surface area contributed by atoms with E-state index in [-0.39, 0.29) is 17.4 Å². The lowest BCUT2D eigenvalue weighted by Crippen LogP contribution is -2.58. The van der Waals surface area contributed by atoms with E-state index in [9.17, 15) is 14.4 Å². The molecule has 5 aliphatic rings. The summed E-state index contributed by atoms with van der Waals surface area (Å²) in [5, 5.41) is 2.70. The van der Waals surface area contributed by atoms with Crippen molar-refractivity contribution < 1.29 is 9.59 Å². The molecule has 2 saturated carbocycles. The van der Waals surface area contributed by atoms with E-state index in [0.717, 1.165) is 35.1 Å². The summed E-state index contributed by atoms with van der Waals surface area (Å²) in [7, 11) is 0. The summed E-state index contributed by atoms with van der Waals surface area (Å²) in [4.78, 5) is 48.5. The van der Waals surface area contributed by atoms with Gasteiger partial charge in [0.25, 0.3) is 11.5 Å². The fraction of sp³-hybridized carbons (Fsp3) is 0.667. The number of para-hydroxylation sites is 2. The van der Waals surface area contributed by atoms with Gasteiger partial charge in [0.15, 0.2) is 0 Å². The summed E-state index contributed by atoms with van der Waals surface area (Å²) in [6.45, 7) is 3.31. The number of nitrogens with one attached hydrogen (secondary N) is 1. The predicted molar refractivity (Wildman–Crippen MR) is 146 cm³/mol. The number of carbonyl (C=O) groups is 2. The summed E-state index contributed by atoms with van der Waals surface area (Å²) in [6, 6.07) is 8.74. The van der Waals surface area contributed by atoms with Gasteiger partial charge >= 0.3 is 6.03 Å². The summed E-state index contributed by atoms with van der Waals surface area (Å²) in [6.07, 6.45) is 13.8. The number of urea groups is 1. The van der Waals surface area contributed by atoms with E-state index in [2.05, 4.69) is 15.2 Å². The summed E-state index contributed by atoms with van der Waals surface area (Å²) in [5.41, 5.74) is 0.0208. The molecule has 5 fully saturated rings. The molecular formula is C30H39N5O3. The number of fused-ring (bicyclic) bond motifs is 5. The highest BCUT2D eigenvalue weighted by atomic mass is 16.2. The number of carbonyl (C=O) groups excluding carboxylic acids is 2. The molecule has 3 aliphatic heterocycles. The highest BCUT2D eigenvalue weighted by Gasteiger charge is 2.48. The maximum atomic E-state index is 14.1. The van der Waals surface area contributed by atoms with E-state index in [4.69, 9.17) is 0 Å². The predicted octanol–water partition coefficient (Wildman–Crippen LogP) is 4.76. The molecule has 0 unspecified atom stereocenters. The maximum Gasteiger partial charge on any atom is 0.331 e. The van der Waals surface area contributed by atoms with Crippen LogP contribution in [0.2, 0.25) is 0 Å². The molecule has 202 valence electrons. The minimum absolute atomic E-state index is 0.0255. The van der Waals surface area contributed by atoms with Gasteiger partial charge in [0, 0.05) is 24.2 Å². The molecule has 4 heterocycles. The number of imide groups is 1. The molecule has 8 nitrogen and oxygen atoms in total. The minimum Gasteiger partial charge on any atom is -0.323 e. The zero-order chi connectivity index (χ0) is 26.2. The normalized spacial score (nSPS) is 34.9. The number of amides is 3. The van der Waals surface area contributed by atoms with Crippen LogP contribution in [-0.2, 0) is 4.79 Å². The van der Waals surface area contributed by atoms with Gasteiger partial charge in [0.1, 0.15) is 5.54 Å². The van der Waals surface area contributed by atoms with Gasteiger partial charge < -0.3 is 9.88 Å². The molecule has 1 N–H and O–H groups in total. The Morgan fingerprint density at radius 3 is 2.13 bits per heavy atom. The van der Waals surface area contributed by atoms with Gasteiger partial charge in [-0.3, -0.25) is 14.5 Å². The summed E-state index contributed by atoms with van der Waals surface area (Å²) >= 11 is 0. The van der Waals surface area contributed by atoms with Crippen molar-refractivity contribution in [2.24, 2.45) is 11.8 Å². The highest BCUT2D eigenvalue weighted by molar-refractivity contribution is 6.22. The van der Waals surface area contributed by atoms with Crippen LogP contribution in [0.25, 0.3) is 11.0 Å². The molecule has 1 aromatic carbocycles. The van der Waals surface area contributed by atoms with Crippen LogP contribution in [0.15, 0.2) is 29.1 Å².